The van der Waals surface area contributed by atoms with E-state index >= 15 is 0 Å². The number of halogens is 1. The van der Waals surface area contributed by atoms with Gasteiger partial charge in [-0.3, -0.25) is 0 Å². The number of pyridine rings is 1. The Bertz CT molecular complexity index is 527. The lowest BCUT2D eigenvalue weighted by molar-refractivity contribution is 0.0516. The van der Waals surface area contributed by atoms with Crippen LogP contribution in [0.5, 0.6) is 0 Å². The van der Waals surface area contributed by atoms with Gasteiger partial charge in [-0.2, -0.15) is 0 Å². The molecule has 0 aromatic carbocycles. The largest absolute Gasteiger partial charge is 0.444 e. The summed E-state index contributed by atoms with van der Waals surface area (Å²) in [7, 11) is 0. The van der Waals surface area contributed by atoms with Gasteiger partial charge in [-0.15, -0.1) is 0 Å². The summed E-state index contributed by atoms with van der Waals surface area (Å²) >= 11 is 5.93. The fourth-order valence-corrected chi connectivity index (χ4v) is 2.08. The Morgan fingerprint density at radius 1 is 1.35 bits per heavy atom. The third-order valence-corrected chi connectivity index (χ3v) is 3.83. The lowest BCUT2D eigenvalue weighted by atomic mass is 9.95. The molecular weight excluding hydrogens is 314 g/mol. The number of amides is 1. The number of hydrogen-bond donors (Lipinski definition) is 2. The first-order chi connectivity index (χ1) is 10.6. The molecule has 1 unspecified atom stereocenters. The number of aromatic nitrogens is 1. The second-order valence-electron chi connectivity index (χ2n) is 7.10. The molecule has 130 valence electrons. The average molecular weight is 342 g/mol. The number of aryl methyl sites for hydroxylation is 1. The van der Waals surface area contributed by atoms with E-state index in [2.05, 4.69) is 29.5 Å². The molecule has 5 nitrogen and oxygen atoms in total. The maximum absolute atomic E-state index is 11.8. The summed E-state index contributed by atoms with van der Waals surface area (Å²) in [5.41, 5.74) is 1.38. The molecule has 1 amide bonds. The van der Waals surface area contributed by atoms with Crippen LogP contribution in [0.25, 0.3) is 0 Å². The van der Waals surface area contributed by atoms with Crippen molar-refractivity contribution in [2.45, 2.75) is 47.1 Å². The zero-order valence-electron chi connectivity index (χ0n) is 14.9. The molecule has 0 spiro atoms. The Hall–Kier alpha value is -1.49. The molecule has 0 aliphatic rings. The second-order valence-corrected chi connectivity index (χ2v) is 7.46. The van der Waals surface area contributed by atoms with Crippen molar-refractivity contribution in [3.63, 3.8) is 0 Å². The van der Waals surface area contributed by atoms with E-state index in [1.54, 1.807) is 6.20 Å². The molecule has 0 aliphatic carbocycles. The van der Waals surface area contributed by atoms with Gasteiger partial charge in [-0.25, -0.2) is 9.78 Å². The van der Waals surface area contributed by atoms with Crippen molar-refractivity contribution < 1.29 is 9.53 Å². The molecule has 1 atom stereocenters. The predicted octanol–water partition coefficient (Wildman–Crippen LogP) is 4.25. The van der Waals surface area contributed by atoms with E-state index in [9.17, 15) is 4.79 Å². The second kappa shape index (κ2) is 8.39. The van der Waals surface area contributed by atoms with Crippen LogP contribution >= 0.6 is 11.6 Å². The number of nitrogens with zero attached hydrogens (tertiary/aromatic N) is 1. The van der Waals surface area contributed by atoms with Gasteiger partial charge in [0.2, 0.25) is 0 Å². The highest BCUT2D eigenvalue weighted by Crippen LogP contribution is 2.18. The van der Waals surface area contributed by atoms with E-state index in [0.717, 1.165) is 17.8 Å². The molecule has 1 aromatic rings. The van der Waals surface area contributed by atoms with Gasteiger partial charge in [0.1, 0.15) is 10.8 Å². The Morgan fingerprint density at radius 3 is 2.52 bits per heavy atom. The highest BCUT2D eigenvalue weighted by atomic mass is 35.5. The van der Waals surface area contributed by atoms with Crippen molar-refractivity contribution >= 4 is 23.4 Å². The molecule has 0 radical (unpaired) electrons. The molecule has 0 aliphatic heterocycles. The molecule has 1 aromatic heterocycles. The summed E-state index contributed by atoms with van der Waals surface area (Å²) in [6, 6.07) is 1.97. The Kier molecular flexibility index (Phi) is 7.13. The molecule has 0 bridgehead atoms. The van der Waals surface area contributed by atoms with Crippen molar-refractivity contribution in [1.29, 1.82) is 0 Å². The maximum atomic E-state index is 11.8. The Labute approximate surface area is 144 Å². The van der Waals surface area contributed by atoms with E-state index in [4.69, 9.17) is 16.3 Å². The van der Waals surface area contributed by atoms with Crippen LogP contribution in [0.3, 0.4) is 0 Å². The molecule has 1 rings (SSSR count). The normalized spacial score (nSPS) is 12.9. The van der Waals surface area contributed by atoms with Crippen molar-refractivity contribution in [2.75, 3.05) is 18.4 Å². The third-order valence-electron chi connectivity index (χ3n) is 3.43. The number of hydrogen-bond acceptors (Lipinski definition) is 4. The summed E-state index contributed by atoms with van der Waals surface area (Å²) in [6.45, 7) is 13.0. The average Bonchev–Trinajstić information content (AvgIpc) is 2.40. The smallest absolute Gasteiger partial charge is 0.407 e. The van der Waals surface area contributed by atoms with E-state index < -0.39 is 5.60 Å². The van der Waals surface area contributed by atoms with Gasteiger partial charge in [-0.1, -0.05) is 25.4 Å². The molecule has 0 saturated heterocycles. The predicted molar refractivity (Wildman–Crippen MR) is 95.0 cm³/mol. The van der Waals surface area contributed by atoms with Crippen molar-refractivity contribution in [2.24, 2.45) is 11.8 Å². The Balaban J connectivity index is 2.52. The molecule has 0 fully saturated rings. The lowest BCUT2D eigenvalue weighted by Gasteiger charge is -2.24. The van der Waals surface area contributed by atoms with Crippen molar-refractivity contribution in [1.82, 2.24) is 10.3 Å². The lowest BCUT2D eigenvalue weighted by Crippen LogP contribution is -2.38. The van der Waals surface area contributed by atoms with Gasteiger partial charge in [0.05, 0.1) is 11.9 Å². The molecule has 1 heterocycles. The first-order valence-corrected chi connectivity index (χ1v) is 8.29. The highest BCUT2D eigenvalue weighted by molar-refractivity contribution is 6.30. The SMILES string of the molecule is Cc1cc(NCC(CNC(=O)OC(C)(C)C)C(C)C)cnc1Cl. The summed E-state index contributed by atoms with van der Waals surface area (Å²) in [5.74, 6) is 0.692. The van der Waals surface area contributed by atoms with E-state index in [1.807, 2.05) is 33.8 Å². The summed E-state index contributed by atoms with van der Waals surface area (Å²) in [5, 5.41) is 6.71. The van der Waals surface area contributed by atoms with Crippen molar-refractivity contribution in [3.05, 3.63) is 23.0 Å². The van der Waals surface area contributed by atoms with E-state index in [0.29, 0.717) is 17.6 Å². The van der Waals surface area contributed by atoms with Crippen LogP contribution in [0.15, 0.2) is 12.3 Å². The minimum Gasteiger partial charge on any atom is -0.444 e. The number of nitrogens with one attached hydrogen (secondary N) is 2. The van der Waals surface area contributed by atoms with Gasteiger partial charge in [0, 0.05) is 13.1 Å². The molecule has 0 saturated carbocycles. The summed E-state index contributed by atoms with van der Waals surface area (Å²) in [6.07, 6.45) is 1.33. The molecule has 6 heteroatoms. The summed E-state index contributed by atoms with van der Waals surface area (Å²) in [4.78, 5) is 15.9. The number of anilines is 1. The highest BCUT2D eigenvalue weighted by Gasteiger charge is 2.19. The first-order valence-electron chi connectivity index (χ1n) is 7.91. The number of rotatable bonds is 6. The van der Waals surface area contributed by atoms with Crippen LogP contribution in [-0.2, 0) is 4.74 Å². The molecular formula is C17H28ClN3O2. The van der Waals surface area contributed by atoms with Gasteiger partial charge < -0.3 is 15.4 Å². The van der Waals surface area contributed by atoms with Crippen LogP contribution in [0, 0.1) is 18.8 Å². The van der Waals surface area contributed by atoms with E-state index in [1.165, 1.54) is 0 Å². The fraction of sp³-hybridized carbons (Fsp3) is 0.647. The van der Waals surface area contributed by atoms with Crippen LogP contribution < -0.4 is 10.6 Å². The number of alkyl carbamates (subject to hydrolysis) is 1. The fourth-order valence-electron chi connectivity index (χ4n) is 1.98. The van der Waals surface area contributed by atoms with Crippen LogP contribution in [0.1, 0.15) is 40.2 Å². The monoisotopic (exact) mass is 341 g/mol. The van der Waals surface area contributed by atoms with Crippen molar-refractivity contribution in [3.8, 4) is 0 Å². The van der Waals surface area contributed by atoms with Gasteiger partial charge in [0.25, 0.3) is 0 Å². The third kappa shape index (κ3) is 7.55. The minimum absolute atomic E-state index is 0.276. The first kappa shape index (κ1) is 19.6. The van der Waals surface area contributed by atoms with Crippen LogP contribution in [-0.4, -0.2) is 29.8 Å². The zero-order chi connectivity index (χ0) is 17.6. The number of ether oxygens (including phenoxy) is 1. The topological polar surface area (TPSA) is 63.2 Å². The molecule has 23 heavy (non-hydrogen) atoms. The van der Waals surface area contributed by atoms with Gasteiger partial charge >= 0.3 is 6.09 Å². The van der Waals surface area contributed by atoms with Gasteiger partial charge in [-0.05, 0) is 51.2 Å². The Morgan fingerprint density at radius 2 is 2.00 bits per heavy atom. The molecule has 2 N–H and O–H groups in total. The minimum atomic E-state index is -0.484. The van der Waals surface area contributed by atoms with Crippen LogP contribution in [0.4, 0.5) is 10.5 Å². The summed E-state index contributed by atoms with van der Waals surface area (Å²) < 4.78 is 5.26. The number of carbonyl (C=O) groups excluding carboxylic acids is 1. The van der Waals surface area contributed by atoms with Gasteiger partial charge in [0.15, 0.2) is 0 Å². The zero-order valence-corrected chi connectivity index (χ0v) is 15.6. The standard InChI is InChI=1S/C17H28ClN3O2/c1-11(2)13(9-21-16(22)23-17(4,5)6)8-19-14-7-12(3)15(18)20-10-14/h7,10-11,13,19H,8-9H2,1-6H3,(H,21,22). The van der Waals surface area contributed by atoms with E-state index in [-0.39, 0.29) is 12.0 Å². The number of carbonyl (C=O) groups is 1. The maximum Gasteiger partial charge on any atom is 0.407 e. The van der Waals surface area contributed by atoms with Crippen LogP contribution in [0.2, 0.25) is 5.15 Å². The quantitative estimate of drug-likeness (QED) is 0.759.